The molecule has 0 bridgehead atoms. The normalized spacial score (nSPS) is 11.7. The number of hydrogen-bond acceptors (Lipinski definition) is 7. The molecule has 9 heteroatoms. The van der Waals surface area contributed by atoms with Gasteiger partial charge in [-0.15, -0.1) is 10.2 Å². The van der Waals surface area contributed by atoms with Crippen molar-refractivity contribution in [1.82, 2.24) is 15.2 Å². The van der Waals surface area contributed by atoms with Crippen LogP contribution in [0.3, 0.4) is 0 Å². The van der Waals surface area contributed by atoms with Gasteiger partial charge in [0.15, 0.2) is 11.5 Å². The molecular formula is C15H18ClN5O3. The first-order valence-corrected chi connectivity index (χ1v) is 7.44. The van der Waals surface area contributed by atoms with Gasteiger partial charge in [0.1, 0.15) is 5.69 Å². The summed E-state index contributed by atoms with van der Waals surface area (Å²) in [5.74, 6) is 0.182. The van der Waals surface area contributed by atoms with Crippen molar-refractivity contribution in [2.75, 3.05) is 12.5 Å². The maximum atomic E-state index is 12.0. The number of aromatic hydroxyl groups is 1. The second-order valence-electron chi connectivity index (χ2n) is 5.99. The SMILES string of the molecule is COc1ccc(/C=N/Nc2nnc(C(C)(C)C)c(=O)[nH]2)c(Cl)c1O. The first kappa shape index (κ1) is 17.7. The molecule has 0 saturated heterocycles. The van der Waals surface area contributed by atoms with Crippen molar-refractivity contribution in [3.63, 3.8) is 0 Å². The summed E-state index contributed by atoms with van der Waals surface area (Å²) in [6.45, 7) is 5.61. The molecule has 3 N–H and O–H groups in total. The number of nitrogens with one attached hydrogen (secondary N) is 2. The second-order valence-corrected chi connectivity index (χ2v) is 6.37. The highest BCUT2D eigenvalue weighted by atomic mass is 35.5. The molecule has 0 atom stereocenters. The number of methoxy groups -OCH3 is 1. The third-order valence-electron chi connectivity index (χ3n) is 3.11. The first-order chi connectivity index (χ1) is 11.2. The number of ether oxygens (including phenoxy) is 1. The van der Waals surface area contributed by atoms with Crippen LogP contribution in [0.1, 0.15) is 32.0 Å². The van der Waals surface area contributed by atoms with Crippen molar-refractivity contribution < 1.29 is 9.84 Å². The van der Waals surface area contributed by atoms with Gasteiger partial charge in [-0.3, -0.25) is 9.78 Å². The fourth-order valence-corrected chi connectivity index (χ4v) is 2.07. The van der Waals surface area contributed by atoms with Gasteiger partial charge in [-0.25, -0.2) is 5.43 Å². The Labute approximate surface area is 143 Å². The standard InChI is InChI=1S/C15H18ClN5O3/c1-15(2,3)12-13(23)18-14(21-19-12)20-17-7-8-5-6-9(24-4)11(22)10(8)16/h5-7,22H,1-4H3,(H2,18,20,21,23)/b17-7+. The van der Waals surface area contributed by atoms with Gasteiger partial charge in [-0.1, -0.05) is 32.4 Å². The summed E-state index contributed by atoms with van der Waals surface area (Å²) in [5.41, 5.74) is 2.61. The Hall–Kier alpha value is -2.61. The Morgan fingerprint density at radius 2 is 2.08 bits per heavy atom. The molecule has 1 aromatic carbocycles. The van der Waals surface area contributed by atoms with E-state index in [1.807, 2.05) is 20.8 Å². The van der Waals surface area contributed by atoms with E-state index >= 15 is 0 Å². The highest BCUT2D eigenvalue weighted by molar-refractivity contribution is 6.34. The summed E-state index contributed by atoms with van der Waals surface area (Å²) in [4.78, 5) is 14.5. The minimum Gasteiger partial charge on any atom is -0.503 e. The van der Waals surface area contributed by atoms with Crippen LogP contribution in [0.15, 0.2) is 22.0 Å². The van der Waals surface area contributed by atoms with E-state index in [-0.39, 0.29) is 28.0 Å². The molecule has 0 aliphatic carbocycles. The molecule has 128 valence electrons. The number of hydrazone groups is 1. The fraction of sp³-hybridized carbons (Fsp3) is 0.333. The molecule has 0 spiro atoms. The number of phenols is 1. The summed E-state index contributed by atoms with van der Waals surface area (Å²) in [6, 6.07) is 3.19. The summed E-state index contributed by atoms with van der Waals surface area (Å²) in [7, 11) is 1.43. The zero-order valence-corrected chi connectivity index (χ0v) is 14.5. The van der Waals surface area contributed by atoms with Crippen LogP contribution in [0.4, 0.5) is 5.95 Å². The van der Waals surface area contributed by atoms with Crippen molar-refractivity contribution in [2.45, 2.75) is 26.2 Å². The number of hydrogen-bond donors (Lipinski definition) is 3. The number of nitrogens with zero attached hydrogens (tertiary/aromatic N) is 3. The molecule has 2 aromatic rings. The van der Waals surface area contributed by atoms with Crippen LogP contribution in [0, 0.1) is 0 Å². The Bertz CT molecular complexity index is 827. The average Bonchev–Trinajstić information content (AvgIpc) is 2.50. The van der Waals surface area contributed by atoms with Crippen LogP contribution in [-0.2, 0) is 5.41 Å². The van der Waals surface area contributed by atoms with Crippen molar-refractivity contribution in [3.8, 4) is 11.5 Å². The predicted octanol–water partition coefficient (Wildman–Crippen LogP) is 2.28. The van der Waals surface area contributed by atoms with Crippen LogP contribution in [0.5, 0.6) is 11.5 Å². The fourth-order valence-electron chi connectivity index (χ4n) is 1.87. The Balaban J connectivity index is 2.17. The van der Waals surface area contributed by atoms with Crippen LogP contribution in [0.2, 0.25) is 5.02 Å². The Morgan fingerprint density at radius 3 is 2.67 bits per heavy atom. The molecule has 24 heavy (non-hydrogen) atoms. The first-order valence-electron chi connectivity index (χ1n) is 7.06. The summed E-state index contributed by atoms with van der Waals surface area (Å²) in [6.07, 6.45) is 1.37. The summed E-state index contributed by atoms with van der Waals surface area (Å²) in [5, 5.41) is 21.6. The molecule has 0 fully saturated rings. The van der Waals surface area contributed by atoms with Gasteiger partial charge in [0, 0.05) is 11.0 Å². The second kappa shape index (κ2) is 6.88. The van der Waals surface area contributed by atoms with E-state index in [0.29, 0.717) is 11.3 Å². The third kappa shape index (κ3) is 3.83. The lowest BCUT2D eigenvalue weighted by Gasteiger charge is -2.15. The number of H-pyrrole nitrogens is 1. The minimum atomic E-state index is -0.406. The number of benzene rings is 1. The van der Waals surface area contributed by atoms with E-state index in [2.05, 4.69) is 25.7 Å². The van der Waals surface area contributed by atoms with E-state index in [1.54, 1.807) is 12.1 Å². The maximum absolute atomic E-state index is 12.0. The summed E-state index contributed by atoms with van der Waals surface area (Å²) >= 11 is 6.02. The highest BCUT2D eigenvalue weighted by Gasteiger charge is 2.20. The average molecular weight is 352 g/mol. The third-order valence-corrected chi connectivity index (χ3v) is 3.51. The number of aromatic nitrogens is 3. The molecule has 0 radical (unpaired) electrons. The molecule has 1 heterocycles. The quantitative estimate of drug-likeness (QED) is 0.575. The minimum absolute atomic E-state index is 0.0955. The topological polar surface area (TPSA) is 112 Å². The number of halogens is 1. The Kier molecular flexibility index (Phi) is 5.08. The van der Waals surface area contributed by atoms with Gasteiger partial charge in [0.05, 0.1) is 18.3 Å². The van der Waals surface area contributed by atoms with Gasteiger partial charge < -0.3 is 9.84 Å². The Morgan fingerprint density at radius 1 is 1.38 bits per heavy atom. The highest BCUT2D eigenvalue weighted by Crippen LogP contribution is 2.35. The zero-order chi connectivity index (χ0) is 17.9. The molecule has 0 saturated carbocycles. The van der Waals surface area contributed by atoms with E-state index in [0.717, 1.165) is 0 Å². The smallest absolute Gasteiger partial charge is 0.274 e. The molecule has 0 aliphatic heterocycles. The van der Waals surface area contributed by atoms with Crippen LogP contribution in [0.25, 0.3) is 0 Å². The van der Waals surface area contributed by atoms with Gasteiger partial charge >= 0.3 is 0 Å². The van der Waals surface area contributed by atoms with E-state index in [1.165, 1.54) is 13.3 Å². The molecular weight excluding hydrogens is 334 g/mol. The van der Waals surface area contributed by atoms with E-state index < -0.39 is 5.41 Å². The predicted molar refractivity (Wildman–Crippen MR) is 92.2 cm³/mol. The largest absolute Gasteiger partial charge is 0.503 e. The van der Waals surface area contributed by atoms with Gasteiger partial charge in [0.25, 0.3) is 5.56 Å². The number of anilines is 1. The van der Waals surface area contributed by atoms with E-state index in [4.69, 9.17) is 16.3 Å². The van der Waals surface area contributed by atoms with Crippen molar-refractivity contribution in [3.05, 3.63) is 38.8 Å². The molecule has 0 aliphatic rings. The van der Waals surface area contributed by atoms with Crippen LogP contribution >= 0.6 is 11.6 Å². The van der Waals surface area contributed by atoms with E-state index in [9.17, 15) is 9.90 Å². The lowest BCUT2D eigenvalue weighted by molar-refractivity contribution is 0.373. The zero-order valence-electron chi connectivity index (χ0n) is 13.7. The lowest BCUT2D eigenvalue weighted by Crippen LogP contribution is -2.28. The van der Waals surface area contributed by atoms with Crippen LogP contribution in [-0.4, -0.2) is 33.6 Å². The van der Waals surface area contributed by atoms with Crippen molar-refractivity contribution in [2.24, 2.45) is 5.10 Å². The maximum Gasteiger partial charge on any atom is 0.274 e. The van der Waals surface area contributed by atoms with Gasteiger partial charge in [-0.2, -0.15) is 5.10 Å². The van der Waals surface area contributed by atoms with Crippen molar-refractivity contribution in [1.29, 1.82) is 0 Å². The molecule has 0 unspecified atom stereocenters. The van der Waals surface area contributed by atoms with Crippen LogP contribution < -0.4 is 15.7 Å². The van der Waals surface area contributed by atoms with Gasteiger partial charge in [-0.05, 0) is 12.1 Å². The molecule has 0 amide bonds. The summed E-state index contributed by atoms with van der Waals surface area (Å²) < 4.78 is 4.95. The molecule has 2 rings (SSSR count). The number of rotatable bonds is 4. The van der Waals surface area contributed by atoms with Gasteiger partial charge in [0.2, 0.25) is 5.95 Å². The molecule has 1 aromatic heterocycles. The monoisotopic (exact) mass is 351 g/mol. The number of aromatic amines is 1. The lowest BCUT2D eigenvalue weighted by atomic mass is 9.93. The molecule has 8 nitrogen and oxygen atoms in total. The van der Waals surface area contributed by atoms with Crippen molar-refractivity contribution >= 4 is 23.8 Å². The number of phenolic OH excluding ortho intramolecular Hbond substituents is 1.